The number of pyridine rings is 1. The van der Waals surface area contributed by atoms with Crippen molar-refractivity contribution < 1.29 is 19.1 Å². The fourth-order valence-corrected chi connectivity index (χ4v) is 5.93. The molecule has 0 radical (unpaired) electrons. The molecule has 5 rings (SSSR count). The van der Waals surface area contributed by atoms with Crippen LogP contribution in [-0.4, -0.2) is 50.5 Å². The number of aromatic nitrogens is 3. The van der Waals surface area contributed by atoms with Gasteiger partial charge in [0.15, 0.2) is 0 Å². The summed E-state index contributed by atoms with van der Waals surface area (Å²) < 4.78 is 6.41. The number of carbonyl (C=O) groups excluding carboxylic acids is 3. The molecule has 1 saturated carbocycles. The van der Waals surface area contributed by atoms with Gasteiger partial charge >= 0.3 is 6.09 Å². The maximum absolute atomic E-state index is 13.2. The van der Waals surface area contributed by atoms with E-state index >= 15 is 0 Å². The molecule has 246 valence electrons. The van der Waals surface area contributed by atoms with Crippen LogP contribution in [0.25, 0.3) is 11.0 Å². The number of nitrogens with zero attached hydrogens (tertiary/aromatic N) is 2. The number of nitrogens with one attached hydrogen (secondary N) is 5. The molecule has 12 nitrogen and oxygen atoms in total. The molecule has 0 aliphatic heterocycles. The Hall–Kier alpha value is -4.24. The van der Waals surface area contributed by atoms with E-state index in [1.807, 2.05) is 45.0 Å². The number of fused-ring (bicyclic) bond motifs is 1. The van der Waals surface area contributed by atoms with Gasteiger partial charge in [-0.1, -0.05) is 23.7 Å². The molecule has 4 aromatic rings. The average Bonchev–Trinajstić information content (AvgIpc) is 3.00. The van der Waals surface area contributed by atoms with Crippen molar-refractivity contribution in [3.05, 3.63) is 90.4 Å². The zero-order valence-corrected chi connectivity index (χ0v) is 29.0. The second kappa shape index (κ2) is 14.7. The molecule has 2 aromatic carbocycles. The van der Waals surface area contributed by atoms with Crippen LogP contribution in [0.1, 0.15) is 72.7 Å². The van der Waals surface area contributed by atoms with Crippen LogP contribution >= 0.6 is 34.2 Å². The lowest BCUT2D eigenvalue weighted by atomic mass is 9.91. The summed E-state index contributed by atoms with van der Waals surface area (Å²) in [5.74, 6) is -0.699. The van der Waals surface area contributed by atoms with Crippen LogP contribution in [0.3, 0.4) is 0 Å². The van der Waals surface area contributed by atoms with E-state index in [1.165, 1.54) is 24.4 Å². The van der Waals surface area contributed by atoms with Crippen LogP contribution in [-0.2, 0) is 11.3 Å². The Kier molecular flexibility index (Phi) is 10.6. The second-order valence-electron chi connectivity index (χ2n) is 12.3. The van der Waals surface area contributed by atoms with Gasteiger partial charge in [0.2, 0.25) is 5.95 Å². The average molecular weight is 772 g/mol. The predicted molar refractivity (Wildman–Crippen MR) is 189 cm³/mol. The Morgan fingerprint density at radius 2 is 1.77 bits per heavy atom. The summed E-state index contributed by atoms with van der Waals surface area (Å²) in [5.41, 5.74) is 0.344. The highest BCUT2D eigenvalue weighted by atomic mass is 127. The van der Waals surface area contributed by atoms with Crippen LogP contribution in [0.2, 0.25) is 5.02 Å². The summed E-state index contributed by atoms with van der Waals surface area (Å²) in [6.45, 7) is 5.81. The highest BCUT2D eigenvalue weighted by Gasteiger charge is 2.25. The third-order valence-electron chi connectivity index (χ3n) is 7.44. The van der Waals surface area contributed by atoms with Gasteiger partial charge in [-0.3, -0.25) is 14.4 Å². The fraction of sp³-hybridized carbons (Fsp3) is 0.333. The van der Waals surface area contributed by atoms with Crippen LogP contribution < -0.4 is 26.8 Å². The highest BCUT2D eigenvalue weighted by Crippen LogP contribution is 2.25. The second-order valence-corrected chi connectivity index (χ2v) is 14.0. The minimum Gasteiger partial charge on any atom is -0.444 e. The first kappa shape index (κ1) is 34.1. The fourth-order valence-electron chi connectivity index (χ4n) is 5.15. The van der Waals surface area contributed by atoms with Crippen molar-refractivity contribution >= 4 is 74.8 Å². The van der Waals surface area contributed by atoms with E-state index in [0.29, 0.717) is 23.4 Å². The van der Waals surface area contributed by atoms with Crippen molar-refractivity contribution in [3.63, 3.8) is 0 Å². The molecule has 0 atom stereocenters. The lowest BCUT2D eigenvalue weighted by molar-refractivity contribution is 0.0491. The third kappa shape index (κ3) is 9.41. The maximum Gasteiger partial charge on any atom is 0.407 e. The molecule has 1 aliphatic rings. The smallest absolute Gasteiger partial charge is 0.407 e. The molecule has 5 N–H and O–H groups in total. The van der Waals surface area contributed by atoms with Crippen LogP contribution in [0.5, 0.6) is 0 Å². The molecule has 47 heavy (non-hydrogen) atoms. The number of carbonyl (C=O) groups is 3. The molecule has 2 aromatic heterocycles. The number of hydrogen-bond donors (Lipinski definition) is 5. The quantitative estimate of drug-likeness (QED) is 0.136. The minimum atomic E-state index is -0.703. The predicted octanol–water partition coefficient (Wildman–Crippen LogP) is 6.01. The van der Waals surface area contributed by atoms with E-state index in [1.54, 1.807) is 6.07 Å². The van der Waals surface area contributed by atoms with Crippen LogP contribution in [0, 0.1) is 3.57 Å². The number of rotatable bonds is 8. The third-order valence-corrected chi connectivity index (χ3v) is 8.44. The SMILES string of the molecule is CC(C)(C)OC(=O)NC1CCC(Nc2ncc3cc(C(=O)Nc4cc(C(=O)NCc5cccc(I)c5)ccc4Cl)c(=O)[nH]c3n2)CC1. The normalized spacial score (nSPS) is 16.3. The number of H-pyrrole nitrogens is 1. The standard InChI is InChI=1S/C33H35ClIN7O5/c1-33(2,3)47-32(46)39-23-10-8-22(9-11-23)38-31-37-17-20-14-24(30(45)41-27(20)42-31)29(44)40-26-15-19(7-12-25(26)34)28(43)36-16-18-5-4-6-21(35)13-18/h4-7,12-15,17,22-23H,8-11,16H2,1-3H3,(H,36,43)(H,39,46)(H,40,44)(H2,37,38,41,42,45). The Balaban J connectivity index is 1.20. The molecule has 0 saturated heterocycles. The van der Waals surface area contributed by atoms with E-state index in [2.05, 4.69) is 58.8 Å². The number of aromatic amines is 1. The number of amides is 3. The topological polar surface area (TPSA) is 167 Å². The van der Waals surface area contributed by atoms with Crippen molar-refractivity contribution in [3.8, 4) is 0 Å². The van der Waals surface area contributed by atoms with Gasteiger partial charge in [0, 0.05) is 39.3 Å². The van der Waals surface area contributed by atoms with Crippen molar-refractivity contribution in [1.29, 1.82) is 0 Å². The zero-order valence-electron chi connectivity index (χ0n) is 26.1. The Labute approximate surface area is 290 Å². The number of hydrogen-bond acceptors (Lipinski definition) is 8. The Morgan fingerprint density at radius 3 is 2.49 bits per heavy atom. The van der Waals surface area contributed by atoms with Crippen molar-refractivity contribution in [2.45, 2.75) is 70.7 Å². The molecule has 0 unspecified atom stereocenters. The monoisotopic (exact) mass is 771 g/mol. The van der Waals surface area contributed by atoms with Crippen molar-refractivity contribution in [2.75, 3.05) is 10.6 Å². The van der Waals surface area contributed by atoms with E-state index in [9.17, 15) is 19.2 Å². The van der Waals surface area contributed by atoms with Gasteiger partial charge in [-0.2, -0.15) is 4.98 Å². The number of halogens is 2. The lowest BCUT2D eigenvalue weighted by Gasteiger charge is -2.30. The summed E-state index contributed by atoms with van der Waals surface area (Å²) in [5, 5.41) is 12.4. The summed E-state index contributed by atoms with van der Waals surface area (Å²) in [7, 11) is 0. The first-order valence-corrected chi connectivity index (χ1v) is 16.6. The molecular weight excluding hydrogens is 737 g/mol. The molecule has 0 bridgehead atoms. The number of anilines is 2. The maximum atomic E-state index is 13.2. The number of ether oxygens (including phenoxy) is 1. The summed E-state index contributed by atoms with van der Waals surface area (Å²) in [6.07, 6.45) is 4.22. The zero-order chi connectivity index (χ0) is 33.7. The lowest BCUT2D eigenvalue weighted by Crippen LogP contribution is -2.42. The van der Waals surface area contributed by atoms with Gasteiger partial charge in [-0.25, -0.2) is 9.78 Å². The first-order valence-electron chi connectivity index (χ1n) is 15.1. The van der Waals surface area contributed by atoms with E-state index in [4.69, 9.17) is 16.3 Å². The van der Waals surface area contributed by atoms with Crippen molar-refractivity contribution in [1.82, 2.24) is 25.6 Å². The Bertz CT molecular complexity index is 1870. The highest BCUT2D eigenvalue weighted by molar-refractivity contribution is 14.1. The molecule has 0 spiro atoms. The summed E-state index contributed by atoms with van der Waals surface area (Å²) >= 11 is 8.53. The van der Waals surface area contributed by atoms with Gasteiger partial charge in [0.25, 0.3) is 17.4 Å². The molecule has 1 aliphatic carbocycles. The largest absolute Gasteiger partial charge is 0.444 e. The number of alkyl carbamates (subject to hydrolysis) is 1. The Morgan fingerprint density at radius 1 is 1.02 bits per heavy atom. The minimum absolute atomic E-state index is 0.0274. The molecular formula is C33H35ClIN7O5. The van der Waals surface area contributed by atoms with Gasteiger partial charge in [-0.15, -0.1) is 0 Å². The van der Waals surface area contributed by atoms with Gasteiger partial charge in [0.1, 0.15) is 16.8 Å². The molecule has 1 fully saturated rings. The van der Waals surface area contributed by atoms with E-state index < -0.39 is 23.2 Å². The molecule has 3 amide bonds. The van der Waals surface area contributed by atoms with Gasteiger partial charge in [-0.05, 0) is 111 Å². The molecule has 2 heterocycles. The van der Waals surface area contributed by atoms with Crippen LogP contribution in [0.15, 0.2) is 59.5 Å². The van der Waals surface area contributed by atoms with E-state index in [-0.39, 0.29) is 39.9 Å². The first-order chi connectivity index (χ1) is 22.3. The summed E-state index contributed by atoms with van der Waals surface area (Å²) in [4.78, 5) is 62.5. The van der Waals surface area contributed by atoms with Crippen molar-refractivity contribution in [2.24, 2.45) is 0 Å². The number of benzene rings is 2. The van der Waals surface area contributed by atoms with Gasteiger partial charge < -0.3 is 31.0 Å². The molecule has 14 heteroatoms. The van der Waals surface area contributed by atoms with Crippen LogP contribution in [0.4, 0.5) is 16.4 Å². The summed E-state index contributed by atoms with van der Waals surface area (Å²) in [6, 6.07) is 13.8. The van der Waals surface area contributed by atoms with E-state index in [0.717, 1.165) is 34.8 Å². The van der Waals surface area contributed by atoms with Gasteiger partial charge in [0.05, 0.1) is 10.7 Å².